The summed E-state index contributed by atoms with van der Waals surface area (Å²) in [5, 5.41) is 0. The Morgan fingerprint density at radius 3 is 1.28 bits per heavy atom. The topological polar surface area (TPSA) is 9.23 Å². The number of hydrogen-bond donors (Lipinski definition) is 0. The van der Waals surface area contributed by atoms with Crippen LogP contribution in [0.2, 0.25) is 0 Å². The number of hydrogen-bond acceptors (Lipinski definition) is 1. The van der Waals surface area contributed by atoms with E-state index in [1.165, 1.54) is 32.1 Å². The molecule has 176 valence electrons. The van der Waals surface area contributed by atoms with E-state index < -0.39 is 36.0 Å². The van der Waals surface area contributed by atoms with Gasteiger partial charge in [-0.3, -0.25) is 0 Å². The van der Waals surface area contributed by atoms with Crippen LogP contribution in [0.15, 0.2) is 0 Å². The van der Waals surface area contributed by atoms with Gasteiger partial charge in [0, 0.05) is 6.61 Å². The minimum atomic E-state index is -8.04. The van der Waals surface area contributed by atoms with Gasteiger partial charge in [0.2, 0.25) is 0 Å². The minimum Gasteiger partial charge on any atom is -0.378 e. The van der Waals surface area contributed by atoms with Crippen LogP contribution >= 0.6 is 0 Å². The van der Waals surface area contributed by atoms with Crippen LogP contribution in [-0.2, 0) is 4.74 Å². The van der Waals surface area contributed by atoms with Crippen molar-refractivity contribution in [2.24, 2.45) is 0 Å². The van der Waals surface area contributed by atoms with Crippen molar-refractivity contribution in [3.8, 4) is 0 Å². The molecule has 0 amide bonds. The predicted octanol–water partition coefficient (Wildman–Crippen LogP) is 7.01. The van der Waals surface area contributed by atoms with E-state index in [0.717, 1.165) is 6.61 Å². The van der Waals surface area contributed by atoms with E-state index in [4.69, 9.17) is 4.74 Å². The quantitative estimate of drug-likeness (QED) is 0.383. The van der Waals surface area contributed by atoms with Gasteiger partial charge in [-0.15, -0.1) is 0 Å². The Bertz CT molecular complexity index is 465. The fourth-order valence-electron chi connectivity index (χ4n) is 2.05. The molecule has 15 heteroatoms. The van der Waals surface area contributed by atoms with Gasteiger partial charge in [-0.05, 0) is 19.3 Å². The van der Waals surface area contributed by atoms with Crippen LogP contribution in [-0.4, -0.2) is 48.8 Å². The van der Waals surface area contributed by atoms with Gasteiger partial charge >= 0.3 is 36.0 Å². The molecule has 0 saturated carbocycles. The lowest BCUT2D eigenvalue weighted by atomic mass is 9.98. The lowest BCUT2D eigenvalue weighted by Crippen LogP contribution is -2.69. The SMILES string of the molecule is CCCCC1CCCO1.FC(F)(F)C(F)(F)C(F)(F)C(F)(F)C(F)(F)C(F)(F)F. The highest BCUT2D eigenvalue weighted by molar-refractivity contribution is 5.08. The first-order valence-electron chi connectivity index (χ1n) is 7.94. The molecule has 0 aliphatic carbocycles. The van der Waals surface area contributed by atoms with Crippen LogP contribution in [0, 0.1) is 0 Å². The molecule has 0 radical (unpaired) electrons. The van der Waals surface area contributed by atoms with Crippen molar-refractivity contribution in [2.45, 2.75) is 81.2 Å². The maximum Gasteiger partial charge on any atom is 0.460 e. The standard InChI is InChI=1S/C8H16O.C6F14/c1-2-3-5-8-6-4-7-9-8;7-1(8,3(11,12)5(15,16)17)2(9,10)4(13,14)6(18,19)20/h8H,2-7H2,1H3;. The van der Waals surface area contributed by atoms with E-state index in [0.29, 0.717) is 6.10 Å². The molecule has 0 aromatic heterocycles. The summed E-state index contributed by atoms with van der Waals surface area (Å²) in [5.41, 5.74) is 0. The molecular formula is C14H16F14O. The summed E-state index contributed by atoms with van der Waals surface area (Å²) in [4.78, 5) is 0. The van der Waals surface area contributed by atoms with Crippen LogP contribution in [0.25, 0.3) is 0 Å². The Kier molecular flexibility index (Phi) is 8.68. The summed E-state index contributed by atoms with van der Waals surface area (Å²) in [6, 6.07) is 0. The Labute approximate surface area is 155 Å². The van der Waals surface area contributed by atoms with Crippen molar-refractivity contribution in [2.75, 3.05) is 6.61 Å². The molecule has 1 fully saturated rings. The van der Waals surface area contributed by atoms with Crippen molar-refractivity contribution < 1.29 is 66.2 Å². The molecule has 1 saturated heterocycles. The Balaban J connectivity index is 0.000000717. The van der Waals surface area contributed by atoms with Gasteiger partial charge in [-0.25, -0.2) is 0 Å². The third-order valence-electron chi connectivity index (χ3n) is 3.80. The number of unbranched alkanes of at least 4 members (excludes halogenated alkanes) is 1. The molecule has 0 spiro atoms. The zero-order valence-electron chi connectivity index (χ0n) is 14.5. The summed E-state index contributed by atoms with van der Waals surface area (Å²) < 4.78 is 172. The van der Waals surface area contributed by atoms with Gasteiger partial charge in [-0.2, -0.15) is 61.5 Å². The molecule has 0 aromatic carbocycles. The molecule has 1 atom stereocenters. The summed E-state index contributed by atoms with van der Waals surface area (Å²) >= 11 is 0. The summed E-state index contributed by atoms with van der Waals surface area (Å²) in [6.45, 7) is 3.24. The van der Waals surface area contributed by atoms with Crippen LogP contribution in [0.3, 0.4) is 0 Å². The third-order valence-corrected chi connectivity index (χ3v) is 3.80. The average Bonchev–Trinajstić information content (AvgIpc) is 3.04. The molecule has 1 aliphatic rings. The van der Waals surface area contributed by atoms with Gasteiger partial charge in [-0.1, -0.05) is 19.8 Å². The summed E-state index contributed by atoms with van der Waals surface area (Å²) in [5.74, 6) is -31.7. The second-order valence-electron chi connectivity index (χ2n) is 6.07. The zero-order chi connectivity index (χ0) is 23.5. The van der Waals surface area contributed by atoms with E-state index in [2.05, 4.69) is 6.92 Å². The molecule has 0 aromatic rings. The van der Waals surface area contributed by atoms with E-state index in [9.17, 15) is 61.5 Å². The van der Waals surface area contributed by atoms with E-state index in [1.54, 1.807) is 0 Å². The molecule has 1 heterocycles. The normalized spacial score (nSPS) is 19.8. The molecule has 1 rings (SSSR count). The second kappa shape index (κ2) is 9.00. The van der Waals surface area contributed by atoms with E-state index in [1.807, 2.05) is 0 Å². The number of ether oxygens (including phenoxy) is 1. The first-order chi connectivity index (χ1) is 12.7. The fourth-order valence-corrected chi connectivity index (χ4v) is 2.05. The van der Waals surface area contributed by atoms with Crippen LogP contribution in [0.4, 0.5) is 61.5 Å². The van der Waals surface area contributed by atoms with Gasteiger partial charge in [0.25, 0.3) is 0 Å². The Morgan fingerprint density at radius 2 is 1.03 bits per heavy atom. The average molecular weight is 466 g/mol. The maximum atomic E-state index is 12.3. The van der Waals surface area contributed by atoms with Gasteiger partial charge < -0.3 is 4.74 Å². The summed E-state index contributed by atoms with van der Waals surface area (Å²) in [6.07, 6.45) is -7.83. The first kappa shape index (κ1) is 28.0. The number of alkyl halides is 14. The first-order valence-corrected chi connectivity index (χ1v) is 7.94. The maximum absolute atomic E-state index is 12.3. The highest BCUT2D eigenvalue weighted by Gasteiger charge is 2.91. The lowest BCUT2D eigenvalue weighted by Gasteiger charge is -2.37. The van der Waals surface area contributed by atoms with Gasteiger partial charge in [0.1, 0.15) is 0 Å². The van der Waals surface area contributed by atoms with Gasteiger partial charge in [0.05, 0.1) is 6.10 Å². The van der Waals surface area contributed by atoms with Gasteiger partial charge in [0.15, 0.2) is 0 Å². The predicted molar refractivity (Wildman–Crippen MR) is 70.4 cm³/mol. The molecule has 1 unspecified atom stereocenters. The Morgan fingerprint density at radius 1 is 0.655 bits per heavy atom. The molecule has 1 nitrogen and oxygen atoms in total. The fraction of sp³-hybridized carbons (Fsp3) is 1.00. The third kappa shape index (κ3) is 5.57. The highest BCUT2D eigenvalue weighted by atomic mass is 19.4. The lowest BCUT2D eigenvalue weighted by molar-refractivity contribution is -0.451. The zero-order valence-corrected chi connectivity index (χ0v) is 14.5. The van der Waals surface area contributed by atoms with Crippen molar-refractivity contribution in [1.82, 2.24) is 0 Å². The number of halogens is 14. The molecule has 1 aliphatic heterocycles. The molecule has 0 N–H and O–H groups in total. The van der Waals surface area contributed by atoms with Crippen LogP contribution in [0.1, 0.15) is 39.0 Å². The minimum absolute atomic E-state index is 0.616. The van der Waals surface area contributed by atoms with Crippen LogP contribution < -0.4 is 0 Å². The molecular weight excluding hydrogens is 450 g/mol. The second-order valence-corrected chi connectivity index (χ2v) is 6.07. The molecule has 0 bridgehead atoms. The summed E-state index contributed by atoms with van der Waals surface area (Å²) in [7, 11) is 0. The molecule has 29 heavy (non-hydrogen) atoms. The van der Waals surface area contributed by atoms with E-state index in [-0.39, 0.29) is 0 Å². The Hall–Kier alpha value is -1.02. The monoisotopic (exact) mass is 466 g/mol. The highest BCUT2D eigenvalue weighted by Crippen LogP contribution is 2.60. The van der Waals surface area contributed by atoms with Crippen molar-refractivity contribution >= 4 is 0 Å². The number of rotatable bonds is 6. The van der Waals surface area contributed by atoms with E-state index >= 15 is 0 Å². The van der Waals surface area contributed by atoms with Crippen molar-refractivity contribution in [3.05, 3.63) is 0 Å². The van der Waals surface area contributed by atoms with Crippen molar-refractivity contribution in [3.63, 3.8) is 0 Å². The largest absolute Gasteiger partial charge is 0.460 e. The van der Waals surface area contributed by atoms with Crippen LogP contribution in [0.5, 0.6) is 0 Å². The smallest absolute Gasteiger partial charge is 0.378 e. The van der Waals surface area contributed by atoms with Crippen molar-refractivity contribution in [1.29, 1.82) is 0 Å².